The number of rotatable bonds is 5. The van der Waals surface area contributed by atoms with Gasteiger partial charge in [-0.1, -0.05) is 37.3 Å². The third-order valence-corrected chi connectivity index (χ3v) is 4.70. The average molecular weight is 254 g/mol. The molecule has 0 heterocycles. The smallest absolute Gasteiger partial charge is 0.309 e. The second-order valence-corrected chi connectivity index (χ2v) is 5.82. The van der Waals surface area contributed by atoms with Gasteiger partial charge in [-0.3, -0.25) is 9.00 Å². The van der Waals surface area contributed by atoms with E-state index in [4.69, 9.17) is 0 Å². The lowest BCUT2D eigenvalue weighted by Crippen LogP contribution is -2.28. The lowest BCUT2D eigenvalue weighted by Gasteiger charge is -2.17. The summed E-state index contributed by atoms with van der Waals surface area (Å²) in [4.78, 5) is 11.4. The molecular weight excluding hydrogens is 236 g/mol. The van der Waals surface area contributed by atoms with E-state index in [0.29, 0.717) is 5.75 Å². The lowest BCUT2D eigenvalue weighted by molar-refractivity contribution is -0.144. The predicted molar refractivity (Wildman–Crippen MR) is 68.9 cm³/mol. The molecule has 94 valence electrons. The third kappa shape index (κ3) is 3.97. The van der Waals surface area contributed by atoms with Crippen molar-refractivity contribution in [2.45, 2.75) is 24.9 Å². The number of esters is 1. The summed E-state index contributed by atoms with van der Waals surface area (Å²) in [5.41, 5.74) is 1.02. The molecule has 0 bridgehead atoms. The standard InChI is InChI=1S/C13H18O3S/c1-10(13(14)16-3)11(2)17(15)9-12-7-5-4-6-8-12/h4-8,10-11H,9H2,1-3H3. The minimum atomic E-state index is -1.07. The van der Waals surface area contributed by atoms with Crippen LogP contribution < -0.4 is 0 Å². The highest BCUT2D eigenvalue weighted by atomic mass is 32.2. The van der Waals surface area contributed by atoms with Crippen LogP contribution in [0, 0.1) is 5.92 Å². The van der Waals surface area contributed by atoms with Crippen LogP contribution in [0.25, 0.3) is 0 Å². The van der Waals surface area contributed by atoms with Gasteiger partial charge in [-0.25, -0.2) is 0 Å². The number of carbonyl (C=O) groups excluding carboxylic acids is 1. The Balaban J connectivity index is 2.62. The van der Waals surface area contributed by atoms with E-state index in [2.05, 4.69) is 4.74 Å². The van der Waals surface area contributed by atoms with Crippen LogP contribution in [0.2, 0.25) is 0 Å². The summed E-state index contributed by atoms with van der Waals surface area (Å²) in [5.74, 6) is -0.174. The monoisotopic (exact) mass is 254 g/mol. The highest BCUT2D eigenvalue weighted by Crippen LogP contribution is 2.15. The Morgan fingerprint density at radius 3 is 2.41 bits per heavy atom. The second kappa shape index (κ2) is 6.55. The van der Waals surface area contributed by atoms with Gasteiger partial charge in [0.1, 0.15) is 0 Å². The maximum Gasteiger partial charge on any atom is 0.309 e. The van der Waals surface area contributed by atoms with Gasteiger partial charge in [-0.2, -0.15) is 0 Å². The first-order valence-electron chi connectivity index (χ1n) is 5.55. The Labute approximate surface area is 105 Å². The molecule has 0 spiro atoms. The fraction of sp³-hybridized carbons (Fsp3) is 0.462. The zero-order valence-electron chi connectivity index (χ0n) is 10.4. The Morgan fingerprint density at radius 1 is 1.29 bits per heavy atom. The van der Waals surface area contributed by atoms with Gasteiger partial charge in [0.2, 0.25) is 0 Å². The molecule has 0 aliphatic heterocycles. The van der Waals surface area contributed by atoms with Crippen LogP contribution in [0.15, 0.2) is 30.3 Å². The zero-order chi connectivity index (χ0) is 12.8. The molecule has 3 nitrogen and oxygen atoms in total. The van der Waals surface area contributed by atoms with Crippen LogP contribution in [0.5, 0.6) is 0 Å². The fourth-order valence-corrected chi connectivity index (χ4v) is 2.83. The summed E-state index contributed by atoms with van der Waals surface area (Å²) in [5, 5.41) is -0.206. The number of carbonyl (C=O) groups is 1. The van der Waals surface area contributed by atoms with Crippen LogP contribution in [-0.4, -0.2) is 22.5 Å². The highest BCUT2D eigenvalue weighted by molar-refractivity contribution is 7.84. The Bertz CT molecular complexity index is 389. The molecule has 1 aromatic carbocycles. The van der Waals surface area contributed by atoms with Crippen molar-refractivity contribution in [2.24, 2.45) is 5.92 Å². The van der Waals surface area contributed by atoms with Crippen molar-refractivity contribution in [3.63, 3.8) is 0 Å². The van der Waals surface area contributed by atoms with Gasteiger partial charge in [0.25, 0.3) is 0 Å². The van der Waals surface area contributed by atoms with Gasteiger partial charge >= 0.3 is 5.97 Å². The van der Waals surface area contributed by atoms with Gasteiger partial charge in [0, 0.05) is 21.8 Å². The van der Waals surface area contributed by atoms with E-state index in [1.165, 1.54) is 7.11 Å². The number of ether oxygens (including phenoxy) is 1. The second-order valence-electron chi connectivity index (χ2n) is 4.03. The van der Waals surface area contributed by atoms with Crippen LogP contribution in [0.1, 0.15) is 19.4 Å². The van der Waals surface area contributed by atoms with Gasteiger partial charge in [-0.15, -0.1) is 0 Å². The number of hydrogen-bond donors (Lipinski definition) is 0. The molecule has 0 aliphatic carbocycles. The van der Waals surface area contributed by atoms with Crippen LogP contribution in [0.4, 0.5) is 0 Å². The first kappa shape index (κ1) is 13.9. The molecule has 4 heteroatoms. The molecule has 0 saturated heterocycles. The number of benzene rings is 1. The van der Waals surface area contributed by atoms with Crippen molar-refractivity contribution in [1.29, 1.82) is 0 Å². The molecule has 1 aromatic rings. The minimum Gasteiger partial charge on any atom is -0.469 e. The molecule has 0 aliphatic rings. The molecule has 0 radical (unpaired) electrons. The first-order chi connectivity index (χ1) is 8.06. The molecule has 0 amide bonds. The summed E-state index contributed by atoms with van der Waals surface area (Å²) in [6, 6.07) is 9.63. The molecule has 1 rings (SSSR count). The Kier molecular flexibility index (Phi) is 5.35. The topological polar surface area (TPSA) is 43.4 Å². The van der Waals surface area contributed by atoms with Crippen LogP contribution in [0.3, 0.4) is 0 Å². The summed E-state index contributed by atoms with van der Waals surface area (Å²) >= 11 is 0. The summed E-state index contributed by atoms with van der Waals surface area (Å²) in [6.07, 6.45) is 0. The molecule has 17 heavy (non-hydrogen) atoms. The Morgan fingerprint density at radius 2 is 1.88 bits per heavy atom. The van der Waals surface area contributed by atoms with E-state index in [-0.39, 0.29) is 17.1 Å². The molecule has 0 aromatic heterocycles. The summed E-state index contributed by atoms with van der Waals surface area (Å²) in [7, 11) is 0.284. The summed E-state index contributed by atoms with van der Waals surface area (Å²) in [6.45, 7) is 3.57. The Hall–Kier alpha value is -1.16. The van der Waals surface area contributed by atoms with E-state index >= 15 is 0 Å². The number of methoxy groups -OCH3 is 1. The van der Waals surface area contributed by atoms with Gasteiger partial charge in [0.15, 0.2) is 0 Å². The molecule has 3 unspecified atom stereocenters. The van der Waals surface area contributed by atoms with E-state index in [1.54, 1.807) is 6.92 Å². The van der Waals surface area contributed by atoms with E-state index in [0.717, 1.165) is 5.56 Å². The van der Waals surface area contributed by atoms with Crippen LogP contribution in [-0.2, 0) is 26.1 Å². The van der Waals surface area contributed by atoms with Crippen molar-refractivity contribution >= 4 is 16.8 Å². The molecule has 3 atom stereocenters. The number of hydrogen-bond acceptors (Lipinski definition) is 3. The maximum absolute atomic E-state index is 12.1. The van der Waals surface area contributed by atoms with E-state index < -0.39 is 10.8 Å². The van der Waals surface area contributed by atoms with Crippen molar-refractivity contribution in [2.75, 3.05) is 7.11 Å². The van der Waals surface area contributed by atoms with Gasteiger partial charge in [0.05, 0.1) is 13.0 Å². The summed E-state index contributed by atoms with van der Waals surface area (Å²) < 4.78 is 16.7. The quantitative estimate of drug-likeness (QED) is 0.756. The van der Waals surface area contributed by atoms with Crippen molar-refractivity contribution in [3.8, 4) is 0 Å². The maximum atomic E-state index is 12.1. The van der Waals surface area contributed by atoms with Gasteiger partial charge < -0.3 is 4.74 Å². The first-order valence-corrected chi connectivity index (χ1v) is 6.93. The zero-order valence-corrected chi connectivity index (χ0v) is 11.2. The fourth-order valence-electron chi connectivity index (χ4n) is 1.48. The SMILES string of the molecule is COC(=O)C(C)C(C)S(=O)Cc1ccccc1. The lowest BCUT2D eigenvalue weighted by atomic mass is 10.1. The molecule has 0 fully saturated rings. The van der Waals surface area contributed by atoms with E-state index in [9.17, 15) is 9.00 Å². The average Bonchev–Trinajstić information content (AvgIpc) is 2.37. The normalized spacial score (nSPS) is 15.9. The minimum absolute atomic E-state index is 0.206. The van der Waals surface area contributed by atoms with Crippen LogP contribution >= 0.6 is 0 Å². The van der Waals surface area contributed by atoms with Crippen molar-refractivity contribution < 1.29 is 13.7 Å². The third-order valence-electron chi connectivity index (χ3n) is 2.84. The molecule has 0 N–H and O–H groups in total. The highest BCUT2D eigenvalue weighted by Gasteiger charge is 2.25. The predicted octanol–water partition coefficient (Wildman–Crippen LogP) is 2.13. The van der Waals surface area contributed by atoms with Crippen molar-refractivity contribution in [3.05, 3.63) is 35.9 Å². The molecule has 0 saturated carbocycles. The molecular formula is C13H18O3S. The van der Waals surface area contributed by atoms with Gasteiger partial charge in [-0.05, 0) is 12.5 Å². The van der Waals surface area contributed by atoms with Crippen molar-refractivity contribution in [1.82, 2.24) is 0 Å². The van der Waals surface area contributed by atoms with E-state index in [1.807, 2.05) is 37.3 Å². The largest absolute Gasteiger partial charge is 0.469 e.